The largest absolute Gasteiger partial charge is 0.281 e. The summed E-state index contributed by atoms with van der Waals surface area (Å²) in [5.74, 6) is 0. The molecule has 20 heavy (non-hydrogen) atoms. The molecule has 0 spiro atoms. The van der Waals surface area contributed by atoms with Gasteiger partial charge >= 0.3 is 0 Å². The minimum absolute atomic E-state index is 0.918. The van der Waals surface area contributed by atoms with E-state index >= 15 is 0 Å². The third-order valence-electron chi connectivity index (χ3n) is 3.42. The minimum Gasteiger partial charge on any atom is -0.281 e. The summed E-state index contributed by atoms with van der Waals surface area (Å²) in [5, 5.41) is 11.9. The fourth-order valence-corrected chi connectivity index (χ4v) is 2.58. The summed E-state index contributed by atoms with van der Waals surface area (Å²) >= 11 is 0. The predicted octanol–water partition coefficient (Wildman–Crippen LogP) is 4.37. The molecule has 0 bridgehead atoms. The van der Waals surface area contributed by atoms with E-state index in [1.165, 1.54) is 16.3 Å². The Morgan fingerprint density at radius 2 is 1.65 bits per heavy atom. The highest BCUT2D eigenvalue weighted by molar-refractivity contribution is 6.11. The summed E-state index contributed by atoms with van der Waals surface area (Å²) in [6.07, 6.45) is 1.78. The molecule has 2 heterocycles. The molecule has 0 amide bonds. The van der Waals surface area contributed by atoms with Crippen LogP contribution in [0.1, 0.15) is 19.4 Å². The first-order valence-electron chi connectivity index (χ1n) is 6.95. The molecule has 100 valence electrons. The van der Waals surface area contributed by atoms with Crippen LogP contribution in [0.5, 0.6) is 0 Å². The SMILES string of the molecule is CC.Cc1ccc2c(c1)c1ccccc1c1nncn21. The maximum Gasteiger partial charge on any atom is 0.168 e. The molecule has 0 saturated carbocycles. The van der Waals surface area contributed by atoms with E-state index in [9.17, 15) is 0 Å². The van der Waals surface area contributed by atoms with Crippen LogP contribution in [0, 0.1) is 6.92 Å². The molecule has 0 unspecified atom stereocenters. The van der Waals surface area contributed by atoms with Gasteiger partial charge in [0.05, 0.1) is 5.52 Å². The molecule has 0 radical (unpaired) electrons. The first-order chi connectivity index (χ1) is 9.84. The van der Waals surface area contributed by atoms with E-state index in [1.807, 2.05) is 19.9 Å². The lowest BCUT2D eigenvalue weighted by Crippen LogP contribution is -1.90. The molecule has 0 aliphatic carbocycles. The predicted molar refractivity (Wildman–Crippen MR) is 84.1 cm³/mol. The molecule has 3 heteroatoms. The minimum atomic E-state index is 0.918. The molecule has 2 aromatic heterocycles. The zero-order valence-electron chi connectivity index (χ0n) is 12.0. The van der Waals surface area contributed by atoms with Gasteiger partial charge in [-0.3, -0.25) is 4.40 Å². The molecule has 0 fully saturated rings. The summed E-state index contributed by atoms with van der Waals surface area (Å²) in [6, 6.07) is 14.8. The fourth-order valence-electron chi connectivity index (χ4n) is 2.58. The van der Waals surface area contributed by atoms with Crippen LogP contribution in [0.2, 0.25) is 0 Å². The van der Waals surface area contributed by atoms with E-state index in [1.54, 1.807) is 6.33 Å². The van der Waals surface area contributed by atoms with Crippen molar-refractivity contribution in [1.29, 1.82) is 0 Å². The molecule has 0 N–H and O–H groups in total. The number of benzene rings is 2. The van der Waals surface area contributed by atoms with Gasteiger partial charge in [0.15, 0.2) is 5.65 Å². The van der Waals surface area contributed by atoms with E-state index < -0.39 is 0 Å². The Labute approximate surface area is 117 Å². The lowest BCUT2D eigenvalue weighted by atomic mass is 10.0. The van der Waals surface area contributed by atoms with Crippen molar-refractivity contribution >= 4 is 27.3 Å². The number of hydrogen-bond acceptors (Lipinski definition) is 2. The summed E-state index contributed by atoms with van der Waals surface area (Å²) in [7, 11) is 0. The zero-order valence-corrected chi connectivity index (χ0v) is 12.0. The number of nitrogens with zero attached hydrogens (tertiary/aromatic N) is 3. The lowest BCUT2D eigenvalue weighted by molar-refractivity contribution is 1.11. The fraction of sp³-hybridized carbons (Fsp3) is 0.176. The molecule has 0 aliphatic heterocycles. The van der Waals surface area contributed by atoms with Crippen LogP contribution in [0.25, 0.3) is 27.3 Å². The molecule has 2 aromatic carbocycles. The summed E-state index contributed by atoms with van der Waals surface area (Å²) in [4.78, 5) is 0. The smallest absolute Gasteiger partial charge is 0.168 e. The van der Waals surface area contributed by atoms with E-state index in [4.69, 9.17) is 0 Å². The van der Waals surface area contributed by atoms with Gasteiger partial charge in [-0.1, -0.05) is 49.7 Å². The van der Waals surface area contributed by atoms with Crippen molar-refractivity contribution in [1.82, 2.24) is 14.6 Å². The van der Waals surface area contributed by atoms with Crippen molar-refractivity contribution in [2.45, 2.75) is 20.8 Å². The molecule has 3 nitrogen and oxygen atoms in total. The van der Waals surface area contributed by atoms with Crippen molar-refractivity contribution in [3.8, 4) is 0 Å². The molecule has 0 saturated heterocycles. The van der Waals surface area contributed by atoms with Crippen LogP contribution in [-0.2, 0) is 0 Å². The normalized spacial score (nSPS) is 10.8. The first-order valence-corrected chi connectivity index (χ1v) is 6.95. The standard InChI is InChI=1S/C15H11N3.C2H6/c1-10-6-7-14-13(8-10)11-4-2-3-5-12(11)15-17-16-9-18(14)15;1-2/h2-9H,1H3;1-2H3. The molecule has 0 aliphatic rings. The summed E-state index contributed by atoms with van der Waals surface area (Å²) < 4.78 is 2.05. The highest BCUT2D eigenvalue weighted by atomic mass is 15.2. The molecule has 4 aromatic rings. The average Bonchev–Trinajstić information content (AvgIpc) is 2.99. The molecule has 4 rings (SSSR count). The van der Waals surface area contributed by atoms with Crippen molar-refractivity contribution in [3.63, 3.8) is 0 Å². The number of pyridine rings is 1. The van der Waals surface area contributed by atoms with Crippen molar-refractivity contribution in [3.05, 3.63) is 54.4 Å². The molecule has 0 atom stereocenters. The Kier molecular flexibility index (Phi) is 3.11. The number of rotatable bonds is 0. The van der Waals surface area contributed by atoms with Crippen LogP contribution in [0.3, 0.4) is 0 Å². The van der Waals surface area contributed by atoms with Crippen LogP contribution < -0.4 is 0 Å². The first kappa shape index (κ1) is 12.6. The van der Waals surface area contributed by atoms with Gasteiger partial charge in [-0.15, -0.1) is 10.2 Å². The number of fused-ring (bicyclic) bond motifs is 6. The van der Waals surface area contributed by atoms with Crippen molar-refractivity contribution in [2.75, 3.05) is 0 Å². The van der Waals surface area contributed by atoms with E-state index in [-0.39, 0.29) is 0 Å². The topological polar surface area (TPSA) is 30.2 Å². The van der Waals surface area contributed by atoms with Gasteiger partial charge < -0.3 is 0 Å². The monoisotopic (exact) mass is 263 g/mol. The lowest BCUT2D eigenvalue weighted by Gasteiger charge is -2.07. The summed E-state index contributed by atoms with van der Waals surface area (Å²) in [6.45, 7) is 6.12. The second-order valence-corrected chi connectivity index (χ2v) is 4.59. The third kappa shape index (κ3) is 1.74. The Morgan fingerprint density at radius 1 is 0.900 bits per heavy atom. The third-order valence-corrected chi connectivity index (χ3v) is 3.42. The van der Waals surface area contributed by atoms with Crippen LogP contribution in [0.15, 0.2) is 48.8 Å². The van der Waals surface area contributed by atoms with Gasteiger partial charge in [0.1, 0.15) is 6.33 Å². The number of aryl methyl sites for hydroxylation is 1. The number of hydrogen-bond donors (Lipinski definition) is 0. The molecular weight excluding hydrogens is 246 g/mol. The van der Waals surface area contributed by atoms with Crippen LogP contribution in [0.4, 0.5) is 0 Å². The van der Waals surface area contributed by atoms with Crippen molar-refractivity contribution < 1.29 is 0 Å². The Bertz CT molecular complexity index is 891. The highest BCUT2D eigenvalue weighted by Crippen LogP contribution is 2.28. The van der Waals surface area contributed by atoms with Crippen LogP contribution >= 0.6 is 0 Å². The Morgan fingerprint density at radius 3 is 2.45 bits per heavy atom. The number of aromatic nitrogens is 3. The molecular formula is C17H17N3. The van der Waals surface area contributed by atoms with E-state index in [2.05, 4.69) is 57.9 Å². The van der Waals surface area contributed by atoms with Crippen molar-refractivity contribution in [2.24, 2.45) is 0 Å². The van der Waals surface area contributed by atoms with Gasteiger partial charge in [0.25, 0.3) is 0 Å². The van der Waals surface area contributed by atoms with E-state index in [0.29, 0.717) is 0 Å². The average molecular weight is 263 g/mol. The van der Waals surface area contributed by atoms with E-state index in [0.717, 1.165) is 16.6 Å². The second kappa shape index (κ2) is 4.93. The van der Waals surface area contributed by atoms with Gasteiger partial charge in [0.2, 0.25) is 0 Å². The zero-order chi connectivity index (χ0) is 14.1. The Balaban J connectivity index is 0.000000581. The van der Waals surface area contributed by atoms with Gasteiger partial charge in [-0.25, -0.2) is 0 Å². The maximum atomic E-state index is 4.23. The van der Waals surface area contributed by atoms with Gasteiger partial charge in [-0.2, -0.15) is 0 Å². The quantitative estimate of drug-likeness (QED) is 0.441. The van der Waals surface area contributed by atoms with Crippen LogP contribution in [-0.4, -0.2) is 14.6 Å². The summed E-state index contributed by atoms with van der Waals surface area (Å²) in [5.41, 5.74) is 3.33. The van der Waals surface area contributed by atoms with Gasteiger partial charge in [0, 0.05) is 10.8 Å². The van der Waals surface area contributed by atoms with Gasteiger partial charge in [-0.05, 0) is 24.4 Å². The maximum absolute atomic E-state index is 4.23. The Hall–Kier alpha value is -2.42. The second-order valence-electron chi connectivity index (χ2n) is 4.59. The highest BCUT2D eigenvalue weighted by Gasteiger charge is 2.08.